The summed E-state index contributed by atoms with van der Waals surface area (Å²) < 4.78 is 27.0. The predicted molar refractivity (Wildman–Crippen MR) is 138 cm³/mol. The molecule has 0 aliphatic carbocycles. The highest BCUT2D eigenvalue weighted by Crippen LogP contribution is 2.39. The van der Waals surface area contributed by atoms with Crippen LogP contribution in [0.15, 0.2) is 75.9 Å². The van der Waals surface area contributed by atoms with Gasteiger partial charge in [-0.2, -0.15) is 0 Å². The Kier molecular flexibility index (Phi) is 7.98. The van der Waals surface area contributed by atoms with Gasteiger partial charge >= 0.3 is 11.6 Å². The lowest BCUT2D eigenvalue weighted by Crippen LogP contribution is -2.18. The monoisotopic (exact) mass is 504 g/mol. The smallest absolute Gasteiger partial charge is 0.343 e. The second-order valence-electron chi connectivity index (χ2n) is 8.34. The third-order valence-corrected chi connectivity index (χ3v) is 6.16. The first-order valence-electron chi connectivity index (χ1n) is 11.7. The van der Waals surface area contributed by atoms with Gasteiger partial charge in [0.2, 0.25) is 0 Å². The normalized spacial score (nSPS) is 11.6. The van der Waals surface area contributed by atoms with Crippen molar-refractivity contribution in [3.05, 3.63) is 93.8 Å². The van der Waals surface area contributed by atoms with Crippen LogP contribution in [0.1, 0.15) is 29.0 Å². The standard InChI is InChI=1S/C29H28O8/c1-33-20-11-8-18(9-12-20)14-15-36-25-16-19(10-13-24(25)34-2)22(17-26(30)35-3)27-28(31)21-6-4-5-7-23(21)37-29(27)32/h4-13,16,22,31H,14-15,17H2,1-3H3/t22-/m0/s1. The molecule has 0 saturated heterocycles. The molecule has 0 unspecified atom stereocenters. The maximum absolute atomic E-state index is 13.0. The van der Waals surface area contributed by atoms with E-state index in [0.717, 1.165) is 11.3 Å². The molecule has 0 amide bonds. The van der Waals surface area contributed by atoms with Crippen LogP contribution in [0, 0.1) is 0 Å². The van der Waals surface area contributed by atoms with E-state index >= 15 is 0 Å². The van der Waals surface area contributed by atoms with Crippen molar-refractivity contribution in [2.45, 2.75) is 18.8 Å². The van der Waals surface area contributed by atoms with Crippen LogP contribution in [0.25, 0.3) is 11.0 Å². The highest BCUT2D eigenvalue weighted by molar-refractivity contribution is 5.84. The number of hydrogen-bond donors (Lipinski definition) is 1. The predicted octanol–water partition coefficient (Wildman–Crippen LogP) is 4.83. The molecule has 4 aromatic rings. The van der Waals surface area contributed by atoms with Crippen LogP contribution < -0.4 is 19.8 Å². The zero-order valence-electron chi connectivity index (χ0n) is 20.9. The van der Waals surface area contributed by atoms with Crippen LogP contribution in [0.5, 0.6) is 23.0 Å². The van der Waals surface area contributed by atoms with E-state index in [4.69, 9.17) is 23.4 Å². The topological polar surface area (TPSA) is 104 Å². The Bertz CT molecular complexity index is 1440. The van der Waals surface area contributed by atoms with Crippen LogP contribution in [0.3, 0.4) is 0 Å². The number of carbonyl (C=O) groups excluding carboxylic acids is 1. The first-order chi connectivity index (χ1) is 17.9. The molecule has 1 N–H and O–H groups in total. The minimum Gasteiger partial charge on any atom is -0.507 e. The molecule has 4 rings (SSSR count). The quantitative estimate of drug-likeness (QED) is 0.242. The zero-order valence-corrected chi connectivity index (χ0v) is 20.9. The number of hydrogen-bond acceptors (Lipinski definition) is 8. The summed E-state index contributed by atoms with van der Waals surface area (Å²) >= 11 is 0. The third kappa shape index (κ3) is 5.69. The summed E-state index contributed by atoms with van der Waals surface area (Å²) in [6, 6.07) is 19.5. The minimum absolute atomic E-state index is 0.0292. The fourth-order valence-electron chi connectivity index (χ4n) is 4.19. The number of esters is 1. The Hall–Kier alpha value is -4.46. The van der Waals surface area contributed by atoms with E-state index in [0.29, 0.717) is 35.5 Å². The van der Waals surface area contributed by atoms with Crippen molar-refractivity contribution in [1.82, 2.24) is 0 Å². The highest BCUT2D eigenvalue weighted by Gasteiger charge is 2.28. The fraction of sp³-hybridized carbons (Fsp3) is 0.241. The summed E-state index contributed by atoms with van der Waals surface area (Å²) in [4.78, 5) is 25.3. The van der Waals surface area contributed by atoms with Gasteiger partial charge in [0.05, 0.1) is 45.3 Å². The average molecular weight is 505 g/mol. The van der Waals surface area contributed by atoms with E-state index in [1.807, 2.05) is 24.3 Å². The number of para-hydroxylation sites is 1. The maximum atomic E-state index is 13.0. The van der Waals surface area contributed by atoms with E-state index < -0.39 is 17.5 Å². The number of carbonyl (C=O) groups is 1. The largest absolute Gasteiger partial charge is 0.507 e. The van der Waals surface area contributed by atoms with E-state index in [9.17, 15) is 14.7 Å². The van der Waals surface area contributed by atoms with E-state index in [2.05, 4.69) is 0 Å². The molecule has 0 bridgehead atoms. The first-order valence-corrected chi connectivity index (χ1v) is 11.7. The molecule has 0 aliphatic rings. The lowest BCUT2D eigenvalue weighted by molar-refractivity contribution is -0.140. The molecule has 1 aromatic heterocycles. The lowest BCUT2D eigenvalue weighted by Gasteiger charge is -2.19. The summed E-state index contributed by atoms with van der Waals surface area (Å²) in [6.07, 6.45) is 0.447. The van der Waals surface area contributed by atoms with Crippen molar-refractivity contribution in [3.63, 3.8) is 0 Å². The second-order valence-corrected chi connectivity index (χ2v) is 8.34. The molecule has 0 fully saturated rings. The Balaban J connectivity index is 1.68. The summed E-state index contributed by atoms with van der Waals surface area (Å²) in [5.74, 6) is 0.0756. The van der Waals surface area contributed by atoms with Gasteiger partial charge < -0.3 is 28.5 Å². The number of methoxy groups -OCH3 is 3. The van der Waals surface area contributed by atoms with Crippen molar-refractivity contribution < 1.29 is 33.3 Å². The Morgan fingerprint density at radius 2 is 1.70 bits per heavy atom. The molecule has 37 heavy (non-hydrogen) atoms. The van der Waals surface area contributed by atoms with E-state index in [1.54, 1.807) is 49.6 Å². The molecular formula is C29H28O8. The minimum atomic E-state index is -0.844. The molecule has 0 spiro atoms. The van der Waals surface area contributed by atoms with Gasteiger partial charge in [0.15, 0.2) is 11.5 Å². The van der Waals surface area contributed by atoms with Crippen molar-refractivity contribution in [2.24, 2.45) is 0 Å². The highest BCUT2D eigenvalue weighted by atomic mass is 16.5. The first kappa shape index (κ1) is 25.6. The van der Waals surface area contributed by atoms with Gasteiger partial charge in [0, 0.05) is 12.3 Å². The van der Waals surface area contributed by atoms with Crippen molar-refractivity contribution >= 4 is 16.9 Å². The van der Waals surface area contributed by atoms with Gasteiger partial charge in [-0.1, -0.05) is 30.3 Å². The van der Waals surface area contributed by atoms with Gasteiger partial charge in [-0.3, -0.25) is 4.79 Å². The van der Waals surface area contributed by atoms with Gasteiger partial charge in [0.1, 0.15) is 17.1 Å². The molecule has 1 atom stereocenters. The molecule has 8 heteroatoms. The number of fused-ring (bicyclic) bond motifs is 1. The van der Waals surface area contributed by atoms with Crippen LogP contribution in [-0.4, -0.2) is 39.0 Å². The number of rotatable bonds is 10. The molecule has 1 heterocycles. The van der Waals surface area contributed by atoms with Crippen molar-refractivity contribution in [2.75, 3.05) is 27.9 Å². The van der Waals surface area contributed by atoms with Crippen molar-refractivity contribution in [3.8, 4) is 23.0 Å². The second kappa shape index (κ2) is 11.5. The fourth-order valence-corrected chi connectivity index (χ4v) is 4.19. The number of benzene rings is 3. The number of aromatic hydroxyl groups is 1. The maximum Gasteiger partial charge on any atom is 0.343 e. The van der Waals surface area contributed by atoms with Gasteiger partial charge in [-0.25, -0.2) is 4.79 Å². The van der Waals surface area contributed by atoms with Gasteiger partial charge in [-0.05, 0) is 47.5 Å². The lowest BCUT2D eigenvalue weighted by atomic mass is 9.88. The van der Waals surface area contributed by atoms with Crippen LogP contribution in [0.2, 0.25) is 0 Å². The Morgan fingerprint density at radius 1 is 0.946 bits per heavy atom. The molecule has 0 aliphatic heterocycles. The molecule has 192 valence electrons. The van der Waals surface area contributed by atoms with Gasteiger partial charge in [-0.15, -0.1) is 0 Å². The Morgan fingerprint density at radius 3 is 2.41 bits per heavy atom. The molecule has 0 saturated carbocycles. The van der Waals surface area contributed by atoms with Gasteiger partial charge in [0.25, 0.3) is 0 Å². The SMILES string of the molecule is COC(=O)C[C@@H](c1ccc(OC)c(OCCc2ccc(OC)cc2)c1)c1c(O)c2ccccc2oc1=O. The summed E-state index contributed by atoms with van der Waals surface area (Å²) in [5, 5.41) is 11.4. The molecular weight excluding hydrogens is 476 g/mol. The third-order valence-electron chi connectivity index (χ3n) is 6.16. The summed E-state index contributed by atoms with van der Waals surface area (Å²) in [7, 11) is 4.41. The van der Waals surface area contributed by atoms with E-state index in [-0.39, 0.29) is 23.3 Å². The molecule has 0 radical (unpaired) electrons. The van der Waals surface area contributed by atoms with Crippen LogP contribution >= 0.6 is 0 Å². The van der Waals surface area contributed by atoms with Crippen LogP contribution in [-0.2, 0) is 16.0 Å². The molecule has 8 nitrogen and oxygen atoms in total. The number of ether oxygens (including phenoxy) is 4. The summed E-state index contributed by atoms with van der Waals surface area (Å²) in [5.41, 5.74) is 1.12. The average Bonchev–Trinajstić information content (AvgIpc) is 2.92. The Labute approximate surface area is 214 Å². The molecule has 3 aromatic carbocycles. The zero-order chi connectivity index (χ0) is 26.4. The summed E-state index contributed by atoms with van der Waals surface area (Å²) in [6.45, 7) is 0.358. The van der Waals surface area contributed by atoms with Crippen molar-refractivity contribution in [1.29, 1.82) is 0 Å². The van der Waals surface area contributed by atoms with Crippen LogP contribution in [0.4, 0.5) is 0 Å². The van der Waals surface area contributed by atoms with E-state index in [1.165, 1.54) is 14.2 Å².